The number of nitrogens with one attached hydrogen (secondary N) is 1. The zero-order valence-corrected chi connectivity index (χ0v) is 16.4. The molecule has 1 amide bonds. The van der Waals surface area contributed by atoms with Crippen molar-refractivity contribution in [2.75, 3.05) is 6.26 Å². The largest absolute Gasteiger partial charge is 0.348 e. The minimum Gasteiger partial charge on any atom is -0.348 e. The molecule has 0 aliphatic carbocycles. The average molecular weight is 385 g/mol. The summed E-state index contributed by atoms with van der Waals surface area (Å²) in [4.78, 5) is 18.3. The number of hydrogen-bond donors (Lipinski definition) is 1. The van der Waals surface area contributed by atoms with Crippen molar-refractivity contribution < 1.29 is 4.79 Å². The minimum atomic E-state index is -0.0791. The molecule has 1 aromatic heterocycles. The highest BCUT2D eigenvalue weighted by molar-refractivity contribution is 7.98. The summed E-state index contributed by atoms with van der Waals surface area (Å²) in [6, 6.07) is 26.0. The van der Waals surface area contributed by atoms with Gasteiger partial charge in [0.2, 0.25) is 0 Å². The predicted molar refractivity (Wildman–Crippen MR) is 117 cm³/mol. The molecule has 4 heteroatoms. The zero-order chi connectivity index (χ0) is 19.3. The van der Waals surface area contributed by atoms with Crippen molar-refractivity contribution in [3.63, 3.8) is 0 Å². The molecule has 1 N–H and O–H groups in total. The Bertz CT molecular complexity index is 1120. The van der Waals surface area contributed by atoms with E-state index in [2.05, 4.69) is 34.8 Å². The van der Waals surface area contributed by atoms with Gasteiger partial charge in [-0.3, -0.25) is 9.78 Å². The highest BCUT2D eigenvalue weighted by atomic mass is 32.2. The van der Waals surface area contributed by atoms with E-state index < -0.39 is 0 Å². The van der Waals surface area contributed by atoms with Gasteiger partial charge in [0, 0.05) is 34.2 Å². The van der Waals surface area contributed by atoms with Gasteiger partial charge in [0.15, 0.2) is 0 Å². The molecule has 0 atom stereocenters. The molecule has 1 heterocycles. The van der Waals surface area contributed by atoms with E-state index in [0.29, 0.717) is 12.1 Å². The Labute approximate surface area is 168 Å². The van der Waals surface area contributed by atoms with E-state index in [1.54, 1.807) is 11.8 Å². The monoisotopic (exact) mass is 384 g/mol. The van der Waals surface area contributed by atoms with Crippen molar-refractivity contribution in [1.29, 1.82) is 0 Å². The van der Waals surface area contributed by atoms with E-state index in [1.165, 1.54) is 4.90 Å². The van der Waals surface area contributed by atoms with Gasteiger partial charge in [-0.1, -0.05) is 42.5 Å². The third-order valence-corrected chi connectivity index (χ3v) is 5.40. The molecule has 0 aliphatic rings. The van der Waals surface area contributed by atoms with Crippen molar-refractivity contribution in [3.05, 3.63) is 96.2 Å². The standard InChI is InChI=1S/C24H20N2OS/c1-28-22-11-9-17(10-12-22)15-26-24(27)20-7-4-6-18(13-20)21-14-19-5-2-3-8-23(19)25-16-21/h2-14,16H,15H2,1H3,(H,26,27). The lowest BCUT2D eigenvalue weighted by atomic mass is 10.0. The van der Waals surface area contributed by atoms with E-state index in [0.717, 1.165) is 27.6 Å². The number of rotatable bonds is 5. The van der Waals surface area contributed by atoms with Gasteiger partial charge in [-0.25, -0.2) is 0 Å². The third kappa shape index (κ3) is 4.07. The number of fused-ring (bicyclic) bond motifs is 1. The van der Waals surface area contributed by atoms with E-state index in [1.807, 2.05) is 66.9 Å². The highest BCUT2D eigenvalue weighted by Crippen LogP contribution is 2.23. The number of carbonyl (C=O) groups excluding carboxylic acids is 1. The van der Waals surface area contributed by atoms with Gasteiger partial charge >= 0.3 is 0 Å². The first kappa shape index (κ1) is 18.3. The first-order valence-corrected chi connectivity index (χ1v) is 10.3. The summed E-state index contributed by atoms with van der Waals surface area (Å²) < 4.78 is 0. The molecule has 3 aromatic carbocycles. The summed E-state index contributed by atoms with van der Waals surface area (Å²) in [6.07, 6.45) is 3.90. The molecule has 0 saturated heterocycles. The molecule has 4 aromatic rings. The lowest BCUT2D eigenvalue weighted by molar-refractivity contribution is 0.0951. The van der Waals surface area contributed by atoms with Crippen molar-refractivity contribution >= 4 is 28.6 Å². The smallest absolute Gasteiger partial charge is 0.251 e. The maximum absolute atomic E-state index is 12.6. The summed E-state index contributed by atoms with van der Waals surface area (Å²) in [5.41, 5.74) is 4.68. The van der Waals surface area contributed by atoms with Crippen LogP contribution in [0.25, 0.3) is 22.0 Å². The molecular weight excluding hydrogens is 364 g/mol. The summed E-state index contributed by atoms with van der Waals surface area (Å²) in [6.45, 7) is 0.509. The Morgan fingerprint density at radius 2 is 1.75 bits per heavy atom. The van der Waals surface area contributed by atoms with Crippen LogP contribution in [0.1, 0.15) is 15.9 Å². The van der Waals surface area contributed by atoms with Crippen LogP contribution in [-0.4, -0.2) is 17.1 Å². The number of pyridine rings is 1. The van der Waals surface area contributed by atoms with Crippen LogP contribution in [0.2, 0.25) is 0 Å². The predicted octanol–water partition coefficient (Wildman–Crippen LogP) is 5.55. The molecule has 0 spiro atoms. The van der Waals surface area contributed by atoms with Gasteiger partial charge in [0.25, 0.3) is 5.91 Å². The van der Waals surface area contributed by atoms with Crippen molar-refractivity contribution in [2.45, 2.75) is 11.4 Å². The fraction of sp³-hybridized carbons (Fsp3) is 0.0833. The van der Waals surface area contributed by atoms with Crippen LogP contribution in [0.15, 0.2) is 90.0 Å². The molecule has 4 rings (SSSR count). The molecule has 0 fully saturated rings. The Morgan fingerprint density at radius 1 is 0.929 bits per heavy atom. The summed E-state index contributed by atoms with van der Waals surface area (Å²) in [5, 5.41) is 4.09. The molecular formula is C24H20N2OS. The highest BCUT2D eigenvalue weighted by Gasteiger charge is 2.08. The summed E-state index contributed by atoms with van der Waals surface area (Å²) in [5.74, 6) is -0.0791. The quantitative estimate of drug-likeness (QED) is 0.459. The van der Waals surface area contributed by atoms with Crippen LogP contribution in [0.4, 0.5) is 0 Å². The van der Waals surface area contributed by atoms with E-state index in [4.69, 9.17) is 0 Å². The maximum Gasteiger partial charge on any atom is 0.251 e. The first-order chi connectivity index (χ1) is 13.7. The average Bonchev–Trinajstić information content (AvgIpc) is 2.77. The van der Waals surface area contributed by atoms with Crippen LogP contribution < -0.4 is 5.32 Å². The Hall–Kier alpha value is -3.11. The number of para-hydroxylation sites is 1. The van der Waals surface area contributed by atoms with Crippen LogP contribution in [0.5, 0.6) is 0 Å². The van der Waals surface area contributed by atoms with Gasteiger partial charge in [0.1, 0.15) is 0 Å². The third-order valence-electron chi connectivity index (χ3n) is 4.66. The van der Waals surface area contributed by atoms with Gasteiger partial charge in [-0.15, -0.1) is 11.8 Å². The van der Waals surface area contributed by atoms with E-state index in [9.17, 15) is 4.79 Å². The lowest BCUT2D eigenvalue weighted by Crippen LogP contribution is -2.22. The number of hydrogen-bond acceptors (Lipinski definition) is 3. The summed E-state index contributed by atoms with van der Waals surface area (Å²) >= 11 is 1.71. The maximum atomic E-state index is 12.6. The molecule has 3 nitrogen and oxygen atoms in total. The number of carbonyl (C=O) groups is 1. The SMILES string of the molecule is CSc1ccc(CNC(=O)c2cccc(-c3cnc4ccccc4c3)c2)cc1. The molecule has 0 unspecified atom stereocenters. The normalized spacial score (nSPS) is 10.8. The fourth-order valence-corrected chi connectivity index (χ4v) is 3.50. The number of amides is 1. The van der Waals surface area contributed by atoms with Crippen LogP contribution in [0.3, 0.4) is 0 Å². The topological polar surface area (TPSA) is 42.0 Å². The second-order valence-corrected chi connectivity index (χ2v) is 7.41. The van der Waals surface area contributed by atoms with Gasteiger partial charge in [-0.2, -0.15) is 0 Å². The van der Waals surface area contributed by atoms with Crippen molar-refractivity contribution in [3.8, 4) is 11.1 Å². The molecule has 0 radical (unpaired) electrons. The second kappa shape index (κ2) is 8.28. The number of thioether (sulfide) groups is 1. The summed E-state index contributed by atoms with van der Waals surface area (Å²) in [7, 11) is 0. The van der Waals surface area contributed by atoms with Crippen LogP contribution >= 0.6 is 11.8 Å². The zero-order valence-electron chi connectivity index (χ0n) is 15.6. The Balaban J connectivity index is 1.51. The molecule has 28 heavy (non-hydrogen) atoms. The second-order valence-electron chi connectivity index (χ2n) is 6.53. The molecule has 138 valence electrons. The lowest BCUT2D eigenvalue weighted by Gasteiger charge is -2.08. The number of nitrogens with zero attached hydrogens (tertiary/aromatic N) is 1. The van der Waals surface area contributed by atoms with Crippen molar-refractivity contribution in [1.82, 2.24) is 10.3 Å². The fourth-order valence-electron chi connectivity index (χ4n) is 3.10. The Kier molecular flexibility index (Phi) is 5.40. The Morgan fingerprint density at radius 3 is 2.57 bits per heavy atom. The first-order valence-electron chi connectivity index (χ1n) is 9.09. The van der Waals surface area contributed by atoms with Crippen LogP contribution in [0, 0.1) is 0 Å². The minimum absolute atomic E-state index is 0.0791. The van der Waals surface area contributed by atoms with E-state index in [-0.39, 0.29) is 5.91 Å². The number of benzene rings is 3. The van der Waals surface area contributed by atoms with E-state index >= 15 is 0 Å². The molecule has 0 saturated carbocycles. The van der Waals surface area contributed by atoms with Crippen molar-refractivity contribution in [2.24, 2.45) is 0 Å². The molecule has 0 bridgehead atoms. The van der Waals surface area contributed by atoms with Crippen LogP contribution in [-0.2, 0) is 6.54 Å². The van der Waals surface area contributed by atoms with Gasteiger partial charge in [0.05, 0.1) is 5.52 Å². The number of aromatic nitrogens is 1. The molecule has 0 aliphatic heterocycles. The van der Waals surface area contributed by atoms with Gasteiger partial charge in [-0.05, 0) is 53.8 Å². The van der Waals surface area contributed by atoms with Gasteiger partial charge < -0.3 is 5.32 Å².